The lowest BCUT2D eigenvalue weighted by molar-refractivity contribution is 0.0376. The van der Waals surface area contributed by atoms with Crippen molar-refractivity contribution in [3.8, 4) is 0 Å². The fourth-order valence-corrected chi connectivity index (χ4v) is 3.51. The van der Waals surface area contributed by atoms with Crippen molar-refractivity contribution in [2.75, 3.05) is 26.2 Å². The summed E-state index contributed by atoms with van der Waals surface area (Å²) in [5, 5.41) is 2.97. The summed E-state index contributed by atoms with van der Waals surface area (Å²) in [7, 11) is 0. The minimum atomic E-state index is -0.383. The summed E-state index contributed by atoms with van der Waals surface area (Å²) in [4.78, 5) is 30.2. The highest BCUT2D eigenvalue weighted by atomic mass is 16.5. The molecule has 2 N–H and O–H groups in total. The summed E-state index contributed by atoms with van der Waals surface area (Å²) in [5.41, 5.74) is 2.24. The van der Waals surface area contributed by atoms with Gasteiger partial charge in [0.25, 0.3) is 5.91 Å². The number of hydrogen-bond acceptors (Lipinski definition) is 4. The lowest BCUT2D eigenvalue weighted by atomic mass is 10.1. The maximum absolute atomic E-state index is 12.5. The number of amides is 1. The van der Waals surface area contributed by atoms with Crippen LogP contribution in [-0.4, -0.2) is 54.0 Å². The Bertz CT molecular complexity index is 614. The number of aromatic nitrogens is 1. The van der Waals surface area contributed by atoms with E-state index in [0.29, 0.717) is 29.1 Å². The van der Waals surface area contributed by atoms with E-state index in [1.165, 1.54) is 38.8 Å². The van der Waals surface area contributed by atoms with Gasteiger partial charge in [0.2, 0.25) is 0 Å². The highest BCUT2D eigenvalue weighted by Gasteiger charge is 2.23. The second-order valence-corrected chi connectivity index (χ2v) is 7.44. The molecule has 1 fully saturated rings. The number of carbonyl (C=O) groups is 2. The minimum absolute atomic E-state index is 0.162. The molecule has 6 nitrogen and oxygen atoms in total. The molecule has 2 rings (SSSR count). The molecular weight excluding hydrogens is 330 g/mol. The van der Waals surface area contributed by atoms with Crippen LogP contribution in [0.1, 0.15) is 78.1 Å². The lowest BCUT2D eigenvalue weighted by Gasteiger charge is -2.19. The Morgan fingerprint density at radius 3 is 2.42 bits per heavy atom. The zero-order chi connectivity index (χ0) is 19.1. The van der Waals surface area contributed by atoms with Crippen molar-refractivity contribution < 1.29 is 14.3 Å². The van der Waals surface area contributed by atoms with Crippen molar-refractivity contribution in [3.63, 3.8) is 0 Å². The van der Waals surface area contributed by atoms with Gasteiger partial charge in [0.15, 0.2) is 0 Å². The summed E-state index contributed by atoms with van der Waals surface area (Å²) in [6, 6.07) is 0. The molecule has 0 saturated carbocycles. The molecule has 0 spiro atoms. The van der Waals surface area contributed by atoms with Crippen molar-refractivity contribution in [2.45, 2.75) is 65.9 Å². The fourth-order valence-electron chi connectivity index (χ4n) is 3.51. The largest absolute Gasteiger partial charge is 0.459 e. The van der Waals surface area contributed by atoms with E-state index < -0.39 is 0 Å². The van der Waals surface area contributed by atoms with Crippen LogP contribution in [0.4, 0.5) is 0 Å². The van der Waals surface area contributed by atoms with Gasteiger partial charge in [-0.25, -0.2) is 4.79 Å². The molecule has 2 heterocycles. The number of esters is 1. The van der Waals surface area contributed by atoms with Crippen LogP contribution in [0, 0.1) is 13.8 Å². The lowest BCUT2D eigenvalue weighted by Crippen LogP contribution is -2.31. The van der Waals surface area contributed by atoms with Crippen molar-refractivity contribution in [1.82, 2.24) is 15.2 Å². The third-order valence-corrected chi connectivity index (χ3v) is 4.85. The van der Waals surface area contributed by atoms with E-state index in [0.717, 1.165) is 13.0 Å². The number of H-pyrrole nitrogens is 1. The van der Waals surface area contributed by atoms with Gasteiger partial charge < -0.3 is 19.9 Å². The first-order chi connectivity index (χ1) is 12.4. The maximum Gasteiger partial charge on any atom is 0.340 e. The SMILES string of the molecule is Cc1[nH]c(C(=O)NCCCN2CCCCCC2)c(C)c1C(=O)OC(C)C. The van der Waals surface area contributed by atoms with Gasteiger partial charge in [0, 0.05) is 12.2 Å². The zero-order valence-corrected chi connectivity index (χ0v) is 16.6. The number of nitrogens with one attached hydrogen (secondary N) is 2. The molecule has 1 aliphatic rings. The van der Waals surface area contributed by atoms with Gasteiger partial charge >= 0.3 is 5.97 Å². The van der Waals surface area contributed by atoms with Crippen LogP contribution in [0.2, 0.25) is 0 Å². The van der Waals surface area contributed by atoms with Crippen LogP contribution < -0.4 is 5.32 Å². The Labute approximate surface area is 156 Å². The van der Waals surface area contributed by atoms with Gasteiger partial charge in [-0.2, -0.15) is 0 Å². The fraction of sp³-hybridized carbons (Fsp3) is 0.700. The molecule has 0 radical (unpaired) electrons. The predicted octanol–water partition coefficient (Wildman–Crippen LogP) is 3.19. The maximum atomic E-state index is 12.5. The third-order valence-electron chi connectivity index (χ3n) is 4.85. The Morgan fingerprint density at radius 1 is 1.15 bits per heavy atom. The van der Waals surface area contributed by atoms with Crippen molar-refractivity contribution in [2.24, 2.45) is 0 Å². The molecule has 0 aliphatic carbocycles. The second kappa shape index (κ2) is 9.76. The second-order valence-electron chi connectivity index (χ2n) is 7.44. The third kappa shape index (κ3) is 5.59. The van der Waals surface area contributed by atoms with Gasteiger partial charge in [0.05, 0.1) is 11.7 Å². The van der Waals surface area contributed by atoms with Crippen LogP contribution in [0.25, 0.3) is 0 Å². The highest BCUT2D eigenvalue weighted by molar-refractivity contribution is 6.00. The van der Waals surface area contributed by atoms with E-state index in [4.69, 9.17) is 4.74 Å². The molecule has 0 atom stereocenters. The Hall–Kier alpha value is -1.82. The van der Waals surface area contributed by atoms with Crippen LogP contribution in [0.15, 0.2) is 0 Å². The van der Waals surface area contributed by atoms with E-state index in [1.807, 2.05) is 13.8 Å². The Morgan fingerprint density at radius 2 is 1.81 bits per heavy atom. The first-order valence-electron chi connectivity index (χ1n) is 9.81. The summed E-state index contributed by atoms with van der Waals surface area (Å²) in [6.07, 6.45) is 5.98. The normalized spacial score (nSPS) is 15.7. The summed E-state index contributed by atoms with van der Waals surface area (Å²) in [5.74, 6) is -0.545. The molecule has 6 heteroatoms. The number of aryl methyl sites for hydroxylation is 1. The summed E-state index contributed by atoms with van der Waals surface area (Å²) in [6.45, 7) is 11.2. The first-order valence-corrected chi connectivity index (χ1v) is 9.81. The van der Waals surface area contributed by atoms with Gasteiger partial charge in [-0.3, -0.25) is 4.79 Å². The number of carbonyl (C=O) groups excluding carboxylic acids is 2. The minimum Gasteiger partial charge on any atom is -0.459 e. The molecule has 0 bridgehead atoms. The van der Waals surface area contributed by atoms with E-state index in [1.54, 1.807) is 13.8 Å². The summed E-state index contributed by atoms with van der Waals surface area (Å²) >= 11 is 0. The molecule has 146 valence electrons. The molecule has 1 aliphatic heterocycles. The van der Waals surface area contributed by atoms with Crippen LogP contribution in [0.3, 0.4) is 0 Å². The van der Waals surface area contributed by atoms with E-state index in [9.17, 15) is 9.59 Å². The van der Waals surface area contributed by atoms with E-state index >= 15 is 0 Å². The number of aromatic amines is 1. The van der Waals surface area contributed by atoms with E-state index in [2.05, 4.69) is 15.2 Å². The standard InChI is InChI=1S/C20H33N3O3/c1-14(2)26-20(25)17-15(3)18(22-16(17)4)19(24)21-10-9-13-23-11-7-5-6-8-12-23/h14,22H,5-13H2,1-4H3,(H,21,24). The van der Waals surface area contributed by atoms with E-state index in [-0.39, 0.29) is 18.0 Å². The number of nitrogens with zero attached hydrogens (tertiary/aromatic N) is 1. The van der Waals surface area contributed by atoms with Crippen molar-refractivity contribution >= 4 is 11.9 Å². The van der Waals surface area contributed by atoms with Crippen molar-refractivity contribution in [3.05, 3.63) is 22.5 Å². The number of rotatable bonds is 7. The number of likely N-dealkylation sites (tertiary alicyclic amines) is 1. The quantitative estimate of drug-likeness (QED) is 0.576. The molecule has 1 saturated heterocycles. The van der Waals surface area contributed by atoms with Crippen LogP contribution >= 0.6 is 0 Å². The van der Waals surface area contributed by atoms with Crippen LogP contribution in [-0.2, 0) is 4.74 Å². The summed E-state index contributed by atoms with van der Waals surface area (Å²) < 4.78 is 5.27. The highest BCUT2D eigenvalue weighted by Crippen LogP contribution is 2.19. The molecule has 1 amide bonds. The van der Waals surface area contributed by atoms with Crippen molar-refractivity contribution in [1.29, 1.82) is 0 Å². The molecule has 1 aromatic rings. The predicted molar refractivity (Wildman–Crippen MR) is 103 cm³/mol. The molecule has 1 aromatic heterocycles. The number of hydrogen-bond donors (Lipinski definition) is 2. The monoisotopic (exact) mass is 363 g/mol. The Balaban J connectivity index is 1.86. The van der Waals surface area contributed by atoms with Gasteiger partial charge in [-0.15, -0.1) is 0 Å². The molecule has 26 heavy (non-hydrogen) atoms. The Kier molecular flexibility index (Phi) is 7.69. The average molecular weight is 364 g/mol. The molecule has 0 aromatic carbocycles. The zero-order valence-electron chi connectivity index (χ0n) is 16.6. The first kappa shape index (κ1) is 20.5. The number of ether oxygens (including phenoxy) is 1. The van der Waals surface area contributed by atoms with Gasteiger partial charge in [0.1, 0.15) is 5.69 Å². The topological polar surface area (TPSA) is 74.4 Å². The van der Waals surface area contributed by atoms with Crippen LogP contribution in [0.5, 0.6) is 0 Å². The molecular formula is C20H33N3O3. The average Bonchev–Trinajstić information content (AvgIpc) is 2.75. The molecule has 0 unspecified atom stereocenters. The van der Waals surface area contributed by atoms with Gasteiger partial charge in [-0.1, -0.05) is 12.8 Å². The smallest absolute Gasteiger partial charge is 0.340 e. The van der Waals surface area contributed by atoms with Gasteiger partial charge in [-0.05, 0) is 72.2 Å².